The molecule has 1 aromatic heterocycles. The zero-order valence-corrected chi connectivity index (χ0v) is 13.3. The Balaban J connectivity index is 2.95. The maximum absolute atomic E-state index is 12.2. The Hall–Kier alpha value is -1.40. The molecule has 0 fully saturated rings. The van der Waals surface area contributed by atoms with Crippen molar-refractivity contribution in [3.05, 3.63) is 41.1 Å². The summed E-state index contributed by atoms with van der Waals surface area (Å²) in [6.45, 7) is 10.7. The highest BCUT2D eigenvalue weighted by molar-refractivity contribution is 7.90. The molecule has 0 spiro atoms. The Bertz CT molecular complexity index is 604. The van der Waals surface area contributed by atoms with Gasteiger partial charge < -0.3 is 0 Å². The van der Waals surface area contributed by atoms with E-state index in [-0.39, 0.29) is 4.90 Å². The Kier molecular flexibility index (Phi) is 5.71. The lowest BCUT2D eigenvalue weighted by molar-refractivity contribution is -0.123. The lowest BCUT2D eigenvalue weighted by atomic mass is 10.0. The molecule has 0 aliphatic rings. The number of carbonyl (C=O) groups excluding carboxylic acids is 1. The van der Waals surface area contributed by atoms with Crippen LogP contribution in [0.4, 0.5) is 0 Å². The highest BCUT2D eigenvalue weighted by atomic mass is 32.2. The second-order valence-electron chi connectivity index (χ2n) is 4.49. The van der Waals surface area contributed by atoms with Crippen LogP contribution in [0.2, 0.25) is 0 Å². The molecular weight excluding hydrogens is 294 g/mol. The quantitative estimate of drug-likeness (QED) is 0.787. The maximum atomic E-state index is 12.2. The Morgan fingerprint density at radius 3 is 2.30 bits per heavy atom. The van der Waals surface area contributed by atoms with Crippen LogP contribution < -0.4 is 4.72 Å². The number of allylic oxidation sites excluding steroid dienone is 2. The number of hydrogen-bond acceptors (Lipinski definition) is 4. The van der Waals surface area contributed by atoms with Gasteiger partial charge in [0.1, 0.15) is 4.90 Å². The molecule has 110 valence electrons. The van der Waals surface area contributed by atoms with E-state index in [1.54, 1.807) is 25.1 Å². The van der Waals surface area contributed by atoms with Crippen LogP contribution in [0.15, 0.2) is 36.3 Å². The highest BCUT2D eigenvalue weighted by Crippen LogP contribution is 2.25. The van der Waals surface area contributed by atoms with E-state index in [1.165, 1.54) is 11.3 Å². The lowest BCUT2D eigenvalue weighted by Gasteiger charge is -2.13. The van der Waals surface area contributed by atoms with E-state index in [1.807, 2.05) is 6.92 Å². The molecule has 0 aliphatic heterocycles. The van der Waals surface area contributed by atoms with Crippen molar-refractivity contribution >= 4 is 27.3 Å². The van der Waals surface area contributed by atoms with Crippen LogP contribution in [0, 0.1) is 19.8 Å². The SMILES string of the molecule is C=CCC(CC=C)C(=O)NS(=O)(=O)c1cc(C)sc1C. The first-order valence-electron chi connectivity index (χ1n) is 6.17. The summed E-state index contributed by atoms with van der Waals surface area (Å²) in [6.07, 6.45) is 4.02. The molecule has 0 saturated heterocycles. The third-order valence-electron chi connectivity index (χ3n) is 2.79. The lowest BCUT2D eigenvalue weighted by Crippen LogP contribution is -2.35. The fourth-order valence-corrected chi connectivity index (χ4v) is 4.46. The van der Waals surface area contributed by atoms with Gasteiger partial charge in [-0.25, -0.2) is 13.1 Å². The molecule has 1 amide bonds. The fourth-order valence-electron chi connectivity index (χ4n) is 1.86. The van der Waals surface area contributed by atoms with Gasteiger partial charge in [0, 0.05) is 15.7 Å². The molecule has 4 nitrogen and oxygen atoms in total. The molecule has 1 aromatic rings. The van der Waals surface area contributed by atoms with Crippen molar-refractivity contribution < 1.29 is 13.2 Å². The summed E-state index contributed by atoms with van der Waals surface area (Å²) in [7, 11) is -3.81. The number of sulfonamides is 1. The van der Waals surface area contributed by atoms with Gasteiger partial charge in [-0.05, 0) is 32.8 Å². The number of nitrogens with one attached hydrogen (secondary N) is 1. The molecule has 0 atom stereocenters. The smallest absolute Gasteiger partial charge is 0.265 e. The monoisotopic (exact) mass is 313 g/mol. The maximum Gasteiger partial charge on any atom is 0.265 e. The number of rotatable bonds is 7. The predicted molar refractivity (Wildman–Crippen MR) is 82.2 cm³/mol. The van der Waals surface area contributed by atoms with Crippen molar-refractivity contribution in [3.63, 3.8) is 0 Å². The zero-order valence-electron chi connectivity index (χ0n) is 11.7. The minimum Gasteiger partial charge on any atom is -0.274 e. The van der Waals surface area contributed by atoms with Gasteiger partial charge in [0.25, 0.3) is 10.0 Å². The standard InChI is InChI=1S/C14H19NO3S2/c1-5-7-12(8-6-2)14(16)15-20(17,18)13-9-10(3)19-11(13)4/h5-6,9,12H,1-2,7-8H2,3-4H3,(H,15,16). The van der Waals surface area contributed by atoms with Gasteiger partial charge in [-0.1, -0.05) is 12.2 Å². The molecule has 6 heteroatoms. The van der Waals surface area contributed by atoms with Crippen LogP contribution in [-0.4, -0.2) is 14.3 Å². The molecule has 1 N–H and O–H groups in total. The van der Waals surface area contributed by atoms with E-state index in [2.05, 4.69) is 17.9 Å². The first kappa shape index (κ1) is 16.7. The van der Waals surface area contributed by atoms with E-state index in [0.717, 1.165) is 4.88 Å². The van der Waals surface area contributed by atoms with Crippen molar-refractivity contribution in [2.45, 2.75) is 31.6 Å². The highest BCUT2D eigenvalue weighted by Gasteiger charge is 2.25. The predicted octanol–water partition coefficient (Wildman–Crippen LogP) is 2.94. The van der Waals surface area contributed by atoms with Crippen LogP contribution in [0.5, 0.6) is 0 Å². The first-order valence-corrected chi connectivity index (χ1v) is 8.47. The van der Waals surface area contributed by atoms with E-state index >= 15 is 0 Å². The average Bonchev–Trinajstić information content (AvgIpc) is 2.68. The normalized spacial score (nSPS) is 11.3. The Labute approximate surface area is 124 Å². The molecule has 0 bridgehead atoms. The largest absolute Gasteiger partial charge is 0.274 e. The molecule has 20 heavy (non-hydrogen) atoms. The molecule has 0 unspecified atom stereocenters. The van der Waals surface area contributed by atoms with Gasteiger partial charge >= 0.3 is 0 Å². The average molecular weight is 313 g/mol. The summed E-state index contributed by atoms with van der Waals surface area (Å²) in [5, 5.41) is 0. The second-order valence-corrected chi connectivity index (χ2v) is 7.60. The summed E-state index contributed by atoms with van der Waals surface area (Å²) in [6, 6.07) is 1.58. The Morgan fingerprint density at radius 2 is 1.90 bits per heavy atom. The van der Waals surface area contributed by atoms with Crippen molar-refractivity contribution in [1.29, 1.82) is 0 Å². The number of hydrogen-bond donors (Lipinski definition) is 1. The van der Waals surface area contributed by atoms with Crippen LogP contribution in [0.1, 0.15) is 22.6 Å². The van der Waals surface area contributed by atoms with Crippen molar-refractivity contribution in [2.75, 3.05) is 0 Å². The van der Waals surface area contributed by atoms with Gasteiger partial charge in [0.05, 0.1) is 0 Å². The van der Waals surface area contributed by atoms with Crippen molar-refractivity contribution in [2.24, 2.45) is 5.92 Å². The van der Waals surface area contributed by atoms with Gasteiger partial charge in [0.2, 0.25) is 5.91 Å². The number of carbonyl (C=O) groups is 1. The van der Waals surface area contributed by atoms with Gasteiger partial charge in [-0.15, -0.1) is 24.5 Å². The molecule has 0 radical (unpaired) electrons. The summed E-state index contributed by atoms with van der Waals surface area (Å²) in [4.78, 5) is 13.8. The number of thiophene rings is 1. The third-order valence-corrected chi connectivity index (χ3v) is 5.36. The third kappa shape index (κ3) is 4.05. The fraction of sp³-hybridized carbons (Fsp3) is 0.357. The van der Waals surface area contributed by atoms with Crippen molar-refractivity contribution in [3.8, 4) is 0 Å². The number of amides is 1. The summed E-state index contributed by atoms with van der Waals surface area (Å²) in [5.74, 6) is -0.979. The number of aryl methyl sites for hydroxylation is 2. The van der Waals surface area contributed by atoms with Crippen LogP contribution >= 0.6 is 11.3 Å². The first-order chi connectivity index (χ1) is 9.31. The molecule has 1 heterocycles. The summed E-state index contributed by atoms with van der Waals surface area (Å²) < 4.78 is 26.6. The molecular formula is C14H19NO3S2. The zero-order chi connectivity index (χ0) is 15.3. The Morgan fingerprint density at radius 1 is 1.35 bits per heavy atom. The topological polar surface area (TPSA) is 63.2 Å². The van der Waals surface area contributed by atoms with E-state index < -0.39 is 21.8 Å². The summed E-state index contributed by atoms with van der Waals surface area (Å²) in [5.41, 5.74) is 0. The van der Waals surface area contributed by atoms with Crippen LogP contribution in [0.25, 0.3) is 0 Å². The van der Waals surface area contributed by atoms with Crippen LogP contribution in [-0.2, 0) is 14.8 Å². The minimum atomic E-state index is -3.81. The molecule has 0 aliphatic carbocycles. The van der Waals surface area contributed by atoms with Crippen LogP contribution in [0.3, 0.4) is 0 Å². The molecule has 0 saturated carbocycles. The summed E-state index contributed by atoms with van der Waals surface area (Å²) >= 11 is 1.39. The van der Waals surface area contributed by atoms with E-state index in [0.29, 0.717) is 17.7 Å². The van der Waals surface area contributed by atoms with E-state index in [9.17, 15) is 13.2 Å². The van der Waals surface area contributed by atoms with Gasteiger partial charge in [0.15, 0.2) is 0 Å². The van der Waals surface area contributed by atoms with Gasteiger partial charge in [-0.3, -0.25) is 4.79 Å². The van der Waals surface area contributed by atoms with E-state index in [4.69, 9.17) is 0 Å². The minimum absolute atomic E-state index is 0.171. The van der Waals surface area contributed by atoms with Crippen molar-refractivity contribution in [1.82, 2.24) is 4.72 Å². The van der Waals surface area contributed by atoms with Gasteiger partial charge in [-0.2, -0.15) is 0 Å². The molecule has 0 aromatic carbocycles. The molecule has 1 rings (SSSR count). The second kappa shape index (κ2) is 6.85.